The van der Waals surface area contributed by atoms with Gasteiger partial charge in [0.05, 0.1) is 0 Å². The fourth-order valence-electron chi connectivity index (χ4n) is 1.97. The van der Waals surface area contributed by atoms with Gasteiger partial charge in [0.2, 0.25) is 0 Å². The predicted octanol–water partition coefficient (Wildman–Crippen LogP) is 2.94. The van der Waals surface area contributed by atoms with Crippen molar-refractivity contribution in [2.75, 3.05) is 26.0 Å². The second kappa shape index (κ2) is 6.90. The van der Waals surface area contributed by atoms with Crippen molar-refractivity contribution in [3.63, 3.8) is 0 Å². The Morgan fingerprint density at radius 3 is 2.78 bits per heavy atom. The number of thioether (sulfide) groups is 1. The second-order valence-corrected chi connectivity index (χ2v) is 5.48. The minimum absolute atomic E-state index is 0.577. The third-order valence-electron chi connectivity index (χ3n) is 3.01. The van der Waals surface area contributed by atoms with Crippen LogP contribution in [0.5, 0.6) is 11.5 Å². The van der Waals surface area contributed by atoms with Crippen LogP contribution in [0.4, 0.5) is 0 Å². The maximum atomic E-state index is 5.59. The minimum atomic E-state index is 0.577. The molecule has 1 aromatic carbocycles. The molecule has 3 nitrogen and oxygen atoms in total. The van der Waals surface area contributed by atoms with Crippen LogP contribution in [0, 0.1) is 0 Å². The van der Waals surface area contributed by atoms with Crippen LogP contribution in [0.25, 0.3) is 0 Å². The quantitative estimate of drug-likeness (QED) is 0.803. The van der Waals surface area contributed by atoms with Crippen molar-refractivity contribution < 1.29 is 9.47 Å². The highest BCUT2D eigenvalue weighted by molar-refractivity contribution is 7.99. The normalized spacial score (nSPS) is 15.4. The molecule has 0 saturated carbocycles. The van der Waals surface area contributed by atoms with Crippen LogP contribution in [-0.2, 0) is 0 Å². The molecule has 0 aliphatic carbocycles. The molecule has 1 aliphatic rings. The molecule has 0 amide bonds. The van der Waals surface area contributed by atoms with Crippen LogP contribution in [0.15, 0.2) is 23.1 Å². The van der Waals surface area contributed by atoms with E-state index < -0.39 is 0 Å². The molecule has 0 aromatic heterocycles. The van der Waals surface area contributed by atoms with Gasteiger partial charge in [0.1, 0.15) is 13.2 Å². The number of ether oxygens (including phenoxy) is 2. The molecule has 1 heterocycles. The summed E-state index contributed by atoms with van der Waals surface area (Å²) in [7, 11) is 2.03. The molecular weight excluding hydrogens is 246 g/mol. The Bertz CT molecular complexity index is 384. The van der Waals surface area contributed by atoms with E-state index >= 15 is 0 Å². The molecule has 1 atom stereocenters. The monoisotopic (exact) mass is 267 g/mol. The number of fused-ring (bicyclic) bond motifs is 1. The van der Waals surface area contributed by atoms with Crippen LogP contribution in [0.1, 0.15) is 19.8 Å². The number of hydrogen-bond donors (Lipinski definition) is 1. The van der Waals surface area contributed by atoms with Gasteiger partial charge < -0.3 is 14.8 Å². The zero-order chi connectivity index (χ0) is 12.8. The van der Waals surface area contributed by atoms with Gasteiger partial charge in [-0.2, -0.15) is 0 Å². The Morgan fingerprint density at radius 2 is 2.06 bits per heavy atom. The molecule has 1 N–H and O–H groups in total. The SMILES string of the molecule is CCCC(CSc1ccc2c(c1)OCCO2)NC. The Hall–Kier alpha value is -0.870. The summed E-state index contributed by atoms with van der Waals surface area (Å²) in [5, 5.41) is 3.36. The summed E-state index contributed by atoms with van der Waals surface area (Å²) in [5.74, 6) is 2.83. The van der Waals surface area contributed by atoms with E-state index in [1.54, 1.807) is 0 Å². The second-order valence-electron chi connectivity index (χ2n) is 4.39. The van der Waals surface area contributed by atoms with Crippen LogP contribution >= 0.6 is 11.8 Å². The molecule has 1 unspecified atom stereocenters. The van der Waals surface area contributed by atoms with E-state index in [1.807, 2.05) is 24.9 Å². The van der Waals surface area contributed by atoms with Crippen molar-refractivity contribution in [1.82, 2.24) is 5.32 Å². The molecule has 1 aliphatic heterocycles. The first kappa shape index (κ1) is 13.6. The Morgan fingerprint density at radius 1 is 1.28 bits per heavy atom. The summed E-state index contributed by atoms with van der Waals surface area (Å²) >= 11 is 1.87. The number of nitrogens with one attached hydrogen (secondary N) is 1. The lowest BCUT2D eigenvalue weighted by Gasteiger charge is -2.19. The largest absolute Gasteiger partial charge is 0.486 e. The maximum absolute atomic E-state index is 5.59. The van der Waals surface area contributed by atoms with Crippen molar-refractivity contribution in [3.05, 3.63) is 18.2 Å². The molecule has 2 rings (SSSR count). The van der Waals surface area contributed by atoms with Gasteiger partial charge in [-0.3, -0.25) is 0 Å². The molecule has 1 aromatic rings. The van der Waals surface area contributed by atoms with Gasteiger partial charge >= 0.3 is 0 Å². The summed E-state index contributed by atoms with van der Waals surface area (Å²) < 4.78 is 11.1. The van der Waals surface area contributed by atoms with Gasteiger partial charge in [0.25, 0.3) is 0 Å². The topological polar surface area (TPSA) is 30.5 Å². The van der Waals surface area contributed by atoms with Gasteiger partial charge in [0.15, 0.2) is 11.5 Å². The fraction of sp³-hybridized carbons (Fsp3) is 0.571. The number of benzene rings is 1. The van der Waals surface area contributed by atoms with Crippen molar-refractivity contribution in [3.8, 4) is 11.5 Å². The third-order valence-corrected chi connectivity index (χ3v) is 4.17. The molecular formula is C14H21NO2S. The van der Waals surface area contributed by atoms with Crippen molar-refractivity contribution >= 4 is 11.8 Å². The molecule has 4 heteroatoms. The molecule has 0 fully saturated rings. The van der Waals surface area contributed by atoms with Gasteiger partial charge in [-0.15, -0.1) is 11.8 Å². The van der Waals surface area contributed by atoms with Crippen molar-refractivity contribution in [2.45, 2.75) is 30.7 Å². The lowest BCUT2D eigenvalue weighted by Crippen LogP contribution is -2.27. The van der Waals surface area contributed by atoms with Crippen LogP contribution in [0.2, 0.25) is 0 Å². The van der Waals surface area contributed by atoms with E-state index in [0.717, 1.165) is 17.3 Å². The summed E-state index contributed by atoms with van der Waals surface area (Å²) in [5.41, 5.74) is 0. The van der Waals surface area contributed by atoms with Crippen molar-refractivity contribution in [2.24, 2.45) is 0 Å². The van der Waals surface area contributed by atoms with Crippen LogP contribution in [-0.4, -0.2) is 32.1 Å². The highest BCUT2D eigenvalue weighted by atomic mass is 32.2. The predicted molar refractivity (Wildman–Crippen MR) is 75.9 cm³/mol. The van der Waals surface area contributed by atoms with E-state index in [-0.39, 0.29) is 0 Å². The van der Waals surface area contributed by atoms with E-state index in [2.05, 4.69) is 24.4 Å². The van der Waals surface area contributed by atoms with Gasteiger partial charge in [0, 0.05) is 16.7 Å². The summed E-state index contributed by atoms with van der Waals surface area (Å²) in [6, 6.07) is 6.77. The highest BCUT2D eigenvalue weighted by Crippen LogP contribution is 2.34. The zero-order valence-corrected chi connectivity index (χ0v) is 11.9. The highest BCUT2D eigenvalue weighted by Gasteiger charge is 2.12. The minimum Gasteiger partial charge on any atom is -0.486 e. The first-order chi connectivity index (χ1) is 8.83. The Labute approximate surface area is 113 Å². The van der Waals surface area contributed by atoms with E-state index in [0.29, 0.717) is 19.3 Å². The lowest BCUT2D eigenvalue weighted by atomic mass is 10.2. The van der Waals surface area contributed by atoms with Gasteiger partial charge in [-0.1, -0.05) is 13.3 Å². The van der Waals surface area contributed by atoms with E-state index in [9.17, 15) is 0 Å². The summed E-state index contributed by atoms with van der Waals surface area (Å²) in [6.45, 7) is 3.52. The van der Waals surface area contributed by atoms with E-state index in [4.69, 9.17) is 9.47 Å². The molecule has 18 heavy (non-hydrogen) atoms. The van der Waals surface area contributed by atoms with Crippen LogP contribution < -0.4 is 14.8 Å². The average molecular weight is 267 g/mol. The van der Waals surface area contributed by atoms with Crippen molar-refractivity contribution in [1.29, 1.82) is 0 Å². The average Bonchev–Trinajstić information content (AvgIpc) is 2.43. The Kier molecular flexibility index (Phi) is 5.20. The molecule has 0 saturated heterocycles. The summed E-state index contributed by atoms with van der Waals surface area (Å²) in [6.07, 6.45) is 2.43. The third kappa shape index (κ3) is 3.56. The molecule has 0 radical (unpaired) electrons. The van der Waals surface area contributed by atoms with Gasteiger partial charge in [-0.05, 0) is 31.7 Å². The fourth-order valence-corrected chi connectivity index (χ4v) is 3.05. The Balaban J connectivity index is 1.93. The van der Waals surface area contributed by atoms with E-state index in [1.165, 1.54) is 17.7 Å². The lowest BCUT2D eigenvalue weighted by molar-refractivity contribution is 0.171. The number of hydrogen-bond acceptors (Lipinski definition) is 4. The first-order valence-electron chi connectivity index (χ1n) is 6.53. The van der Waals surface area contributed by atoms with Crippen LogP contribution in [0.3, 0.4) is 0 Å². The molecule has 0 spiro atoms. The number of rotatable bonds is 6. The standard InChI is InChI=1S/C14H21NO2S/c1-3-4-11(15-2)10-18-12-5-6-13-14(9-12)17-8-7-16-13/h5-6,9,11,15H,3-4,7-8,10H2,1-2H3. The zero-order valence-electron chi connectivity index (χ0n) is 11.1. The van der Waals surface area contributed by atoms with Gasteiger partial charge in [-0.25, -0.2) is 0 Å². The maximum Gasteiger partial charge on any atom is 0.162 e. The smallest absolute Gasteiger partial charge is 0.162 e. The molecule has 0 bridgehead atoms. The summed E-state index contributed by atoms with van der Waals surface area (Å²) in [4.78, 5) is 1.25. The molecule has 100 valence electrons. The first-order valence-corrected chi connectivity index (χ1v) is 7.51.